The Morgan fingerprint density at radius 1 is 1.38 bits per heavy atom. The molecular formula is C13H17NO2. The highest BCUT2D eigenvalue weighted by Crippen LogP contribution is 2.41. The van der Waals surface area contributed by atoms with Gasteiger partial charge in [-0.1, -0.05) is 13.0 Å². The van der Waals surface area contributed by atoms with Crippen molar-refractivity contribution in [2.75, 3.05) is 13.2 Å². The zero-order chi connectivity index (χ0) is 11.0. The number of rotatable bonds is 0. The second-order valence-corrected chi connectivity index (χ2v) is 4.81. The van der Waals surface area contributed by atoms with Gasteiger partial charge in [-0.3, -0.25) is 4.98 Å². The number of ether oxygens (including phenoxy) is 2. The van der Waals surface area contributed by atoms with Gasteiger partial charge in [0.15, 0.2) is 0 Å². The number of hydrogen-bond acceptors (Lipinski definition) is 3. The zero-order valence-electron chi connectivity index (χ0n) is 9.61. The second kappa shape index (κ2) is 3.82. The molecule has 16 heavy (non-hydrogen) atoms. The molecule has 1 atom stereocenters. The third-order valence-corrected chi connectivity index (χ3v) is 3.53. The Balaban J connectivity index is 2.08. The lowest BCUT2D eigenvalue weighted by Crippen LogP contribution is -2.30. The fourth-order valence-electron chi connectivity index (χ4n) is 2.75. The summed E-state index contributed by atoms with van der Waals surface area (Å²) in [5.41, 5.74) is 2.30. The predicted molar refractivity (Wildman–Crippen MR) is 59.9 cm³/mol. The van der Waals surface area contributed by atoms with Crippen LogP contribution in [-0.4, -0.2) is 18.2 Å². The van der Waals surface area contributed by atoms with Crippen molar-refractivity contribution >= 4 is 0 Å². The number of pyridine rings is 1. The fraction of sp³-hybridized carbons (Fsp3) is 0.615. The van der Waals surface area contributed by atoms with Crippen molar-refractivity contribution in [3.63, 3.8) is 0 Å². The van der Waals surface area contributed by atoms with Crippen LogP contribution in [0.25, 0.3) is 0 Å². The van der Waals surface area contributed by atoms with Gasteiger partial charge in [-0.25, -0.2) is 0 Å². The second-order valence-electron chi connectivity index (χ2n) is 4.81. The van der Waals surface area contributed by atoms with Crippen LogP contribution in [0.2, 0.25) is 0 Å². The van der Waals surface area contributed by atoms with Crippen LogP contribution in [0.1, 0.15) is 31.0 Å². The van der Waals surface area contributed by atoms with E-state index in [1.54, 1.807) is 0 Å². The van der Waals surface area contributed by atoms with Crippen molar-refractivity contribution in [2.45, 2.75) is 32.0 Å². The van der Waals surface area contributed by atoms with Crippen molar-refractivity contribution in [1.29, 1.82) is 0 Å². The Kier molecular flexibility index (Phi) is 2.45. The molecule has 3 rings (SSSR count). The van der Waals surface area contributed by atoms with Gasteiger partial charge < -0.3 is 9.47 Å². The van der Waals surface area contributed by atoms with Crippen LogP contribution in [0.3, 0.4) is 0 Å². The van der Waals surface area contributed by atoms with Crippen LogP contribution in [0.4, 0.5) is 0 Å². The van der Waals surface area contributed by atoms with E-state index in [1.807, 2.05) is 12.3 Å². The SMILES string of the molecule is C[C@@H]1CCc2cccnc2C2(C1)OCCO2. The van der Waals surface area contributed by atoms with Gasteiger partial charge in [-0.15, -0.1) is 0 Å². The summed E-state index contributed by atoms with van der Waals surface area (Å²) in [7, 11) is 0. The standard InChI is InChI=1S/C13H17NO2/c1-10-4-5-11-3-2-6-14-12(11)13(9-10)15-7-8-16-13/h2-3,6,10H,4-5,7-9H2,1H3/t10-/m1/s1. The van der Waals surface area contributed by atoms with Crippen molar-refractivity contribution in [2.24, 2.45) is 5.92 Å². The van der Waals surface area contributed by atoms with E-state index >= 15 is 0 Å². The van der Waals surface area contributed by atoms with Crippen molar-refractivity contribution in [3.05, 3.63) is 29.6 Å². The average Bonchev–Trinajstić information content (AvgIpc) is 2.70. The Bertz CT molecular complexity index is 385. The number of aryl methyl sites for hydroxylation is 1. The molecule has 1 saturated heterocycles. The summed E-state index contributed by atoms with van der Waals surface area (Å²) in [6.07, 6.45) is 5.03. The largest absolute Gasteiger partial charge is 0.342 e. The van der Waals surface area contributed by atoms with Crippen LogP contribution in [0.15, 0.2) is 18.3 Å². The van der Waals surface area contributed by atoms with Crippen molar-refractivity contribution < 1.29 is 9.47 Å². The molecule has 0 N–H and O–H groups in total. The molecule has 2 heterocycles. The van der Waals surface area contributed by atoms with E-state index in [9.17, 15) is 0 Å². The Hall–Kier alpha value is -0.930. The lowest BCUT2D eigenvalue weighted by atomic mass is 9.99. The summed E-state index contributed by atoms with van der Waals surface area (Å²) in [4.78, 5) is 4.50. The maximum Gasteiger partial charge on any atom is 0.212 e. The zero-order valence-corrected chi connectivity index (χ0v) is 9.61. The molecule has 1 aliphatic heterocycles. The molecule has 0 aromatic carbocycles. The average molecular weight is 219 g/mol. The Morgan fingerprint density at radius 3 is 3.00 bits per heavy atom. The van der Waals surface area contributed by atoms with Gasteiger partial charge in [0, 0.05) is 12.6 Å². The van der Waals surface area contributed by atoms with Crippen LogP contribution in [-0.2, 0) is 21.7 Å². The Morgan fingerprint density at radius 2 is 2.19 bits per heavy atom. The normalized spacial score (nSPS) is 27.7. The van der Waals surface area contributed by atoms with Crippen LogP contribution < -0.4 is 0 Å². The summed E-state index contributed by atoms with van der Waals surface area (Å²) < 4.78 is 11.7. The van der Waals surface area contributed by atoms with E-state index < -0.39 is 5.79 Å². The molecule has 1 spiro atoms. The topological polar surface area (TPSA) is 31.4 Å². The van der Waals surface area contributed by atoms with Gasteiger partial charge in [0.25, 0.3) is 0 Å². The van der Waals surface area contributed by atoms with E-state index in [1.165, 1.54) is 12.0 Å². The highest BCUT2D eigenvalue weighted by molar-refractivity contribution is 5.26. The fourth-order valence-corrected chi connectivity index (χ4v) is 2.75. The smallest absolute Gasteiger partial charge is 0.212 e. The third-order valence-electron chi connectivity index (χ3n) is 3.53. The minimum atomic E-state index is -0.549. The lowest BCUT2D eigenvalue weighted by molar-refractivity contribution is -0.179. The molecule has 1 fully saturated rings. The molecule has 1 aromatic rings. The van der Waals surface area contributed by atoms with Crippen LogP contribution >= 0.6 is 0 Å². The highest BCUT2D eigenvalue weighted by atomic mass is 16.7. The lowest BCUT2D eigenvalue weighted by Gasteiger charge is -2.28. The first-order chi connectivity index (χ1) is 7.80. The Labute approximate surface area is 95.8 Å². The highest BCUT2D eigenvalue weighted by Gasteiger charge is 2.43. The molecule has 0 bridgehead atoms. The van der Waals surface area contributed by atoms with E-state index in [0.29, 0.717) is 19.1 Å². The predicted octanol–water partition coefficient (Wildman–Crippen LogP) is 2.25. The molecule has 0 saturated carbocycles. The van der Waals surface area contributed by atoms with E-state index in [2.05, 4.69) is 18.0 Å². The molecular weight excluding hydrogens is 202 g/mol. The summed E-state index contributed by atoms with van der Waals surface area (Å²) in [6, 6.07) is 4.14. The van der Waals surface area contributed by atoms with Gasteiger partial charge in [-0.05, 0) is 30.4 Å². The maximum atomic E-state index is 5.87. The first-order valence-corrected chi connectivity index (χ1v) is 6.02. The van der Waals surface area contributed by atoms with Gasteiger partial charge >= 0.3 is 0 Å². The minimum Gasteiger partial charge on any atom is -0.342 e. The quantitative estimate of drug-likeness (QED) is 0.670. The van der Waals surface area contributed by atoms with Crippen molar-refractivity contribution in [1.82, 2.24) is 4.98 Å². The molecule has 1 aromatic heterocycles. The molecule has 0 unspecified atom stereocenters. The van der Waals surface area contributed by atoms with E-state index in [4.69, 9.17) is 9.47 Å². The van der Waals surface area contributed by atoms with Gasteiger partial charge in [0.1, 0.15) is 5.69 Å². The monoisotopic (exact) mass is 219 g/mol. The van der Waals surface area contributed by atoms with Crippen LogP contribution in [0, 0.1) is 5.92 Å². The van der Waals surface area contributed by atoms with Gasteiger partial charge in [0.2, 0.25) is 5.79 Å². The summed E-state index contributed by atoms with van der Waals surface area (Å²) in [5.74, 6) is 0.0688. The molecule has 0 amide bonds. The summed E-state index contributed by atoms with van der Waals surface area (Å²) >= 11 is 0. The number of aromatic nitrogens is 1. The minimum absolute atomic E-state index is 0.549. The van der Waals surface area contributed by atoms with Gasteiger partial charge in [0.05, 0.1) is 13.2 Å². The molecule has 0 radical (unpaired) electrons. The molecule has 1 aliphatic carbocycles. The van der Waals surface area contributed by atoms with E-state index in [0.717, 1.165) is 18.5 Å². The van der Waals surface area contributed by atoms with E-state index in [-0.39, 0.29) is 0 Å². The number of fused-ring (bicyclic) bond motifs is 2. The molecule has 2 aliphatic rings. The summed E-state index contributed by atoms with van der Waals surface area (Å²) in [5, 5.41) is 0. The molecule has 3 nitrogen and oxygen atoms in total. The van der Waals surface area contributed by atoms with Gasteiger partial charge in [-0.2, -0.15) is 0 Å². The first kappa shape index (κ1) is 10.2. The molecule has 86 valence electrons. The first-order valence-electron chi connectivity index (χ1n) is 6.02. The molecule has 3 heteroatoms. The van der Waals surface area contributed by atoms with Crippen molar-refractivity contribution in [3.8, 4) is 0 Å². The number of nitrogens with zero attached hydrogens (tertiary/aromatic N) is 1. The third kappa shape index (κ3) is 1.55. The number of hydrogen-bond donors (Lipinski definition) is 0. The van der Waals surface area contributed by atoms with Crippen LogP contribution in [0.5, 0.6) is 0 Å². The maximum absolute atomic E-state index is 5.87. The summed E-state index contributed by atoms with van der Waals surface area (Å²) in [6.45, 7) is 3.63.